The maximum absolute atomic E-state index is 11.9. The topological polar surface area (TPSA) is 86.5 Å². The van der Waals surface area contributed by atoms with E-state index in [4.69, 9.17) is 4.74 Å². The predicted molar refractivity (Wildman–Crippen MR) is 81.9 cm³/mol. The highest BCUT2D eigenvalue weighted by Crippen LogP contribution is 2.25. The monoisotopic (exact) mass is 363 g/mol. The molecule has 0 aliphatic carbocycles. The molecular formula is C15H10BrNO5. The third-order valence-corrected chi connectivity index (χ3v) is 3.48. The van der Waals surface area contributed by atoms with Crippen LogP contribution in [0.5, 0.6) is 0 Å². The molecule has 0 N–H and O–H groups in total. The Morgan fingerprint density at radius 3 is 2.41 bits per heavy atom. The second-order valence-corrected chi connectivity index (χ2v) is 5.14. The van der Waals surface area contributed by atoms with Gasteiger partial charge in [-0.1, -0.05) is 30.3 Å². The summed E-state index contributed by atoms with van der Waals surface area (Å²) in [4.78, 5) is 33.9. The number of hydrogen-bond donors (Lipinski definition) is 0. The van der Waals surface area contributed by atoms with Gasteiger partial charge in [-0.3, -0.25) is 14.9 Å². The average molecular weight is 364 g/mol. The van der Waals surface area contributed by atoms with E-state index in [1.165, 1.54) is 12.1 Å². The largest absolute Gasteiger partial charge is 0.454 e. The number of ether oxygens (including phenoxy) is 1. The number of ketones is 1. The number of benzene rings is 2. The molecule has 0 fully saturated rings. The van der Waals surface area contributed by atoms with Gasteiger partial charge in [-0.2, -0.15) is 0 Å². The minimum atomic E-state index is -0.792. The Bertz CT molecular complexity index is 730. The number of carbonyl (C=O) groups excluding carboxylic acids is 2. The Labute approximate surface area is 134 Å². The molecule has 0 spiro atoms. The SMILES string of the molecule is O=C(COC(=O)c1ccc(Br)c([N+](=O)[O-])c1)c1ccccc1. The van der Waals surface area contributed by atoms with Crippen molar-refractivity contribution in [2.75, 3.05) is 6.61 Å². The van der Waals surface area contributed by atoms with Crippen molar-refractivity contribution in [2.45, 2.75) is 0 Å². The number of nitrogens with zero attached hydrogens (tertiary/aromatic N) is 1. The van der Waals surface area contributed by atoms with E-state index >= 15 is 0 Å². The first-order chi connectivity index (χ1) is 10.5. The first kappa shape index (κ1) is 15.8. The van der Waals surface area contributed by atoms with Crippen molar-refractivity contribution in [3.8, 4) is 0 Å². The van der Waals surface area contributed by atoms with E-state index < -0.39 is 17.5 Å². The molecule has 7 heteroatoms. The van der Waals surface area contributed by atoms with Crippen molar-refractivity contribution in [2.24, 2.45) is 0 Å². The summed E-state index contributed by atoms with van der Waals surface area (Å²) >= 11 is 3.03. The predicted octanol–water partition coefficient (Wildman–Crippen LogP) is 3.40. The Balaban J connectivity index is 2.05. The van der Waals surface area contributed by atoms with Gasteiger partial charge in [-0.25, -0.2) is 4.79 Å². The first-order valence-electron chi connectivity index (χ1n) is 6.18. The smallest absolute Gasteiger partial charge is 0.338 e. The number of hydrogen-bond acceptors (Lipinski definition) is 5. The van der Waals surface area contributed by atoms with Crippen molar-refractivity contribution >= 4 is 33.4 Å². The highest BCUT2D eigenvalue weighted by atomic mass is 79.9. The Hall–Kier alpha value is -2.54. The van der Waals surface area contributed by atoms with Crippen LogP contribution in [0.25, 0.3) is 0 Å². The van der Waals surface area contributed by atoms with E-state index in [1.54, 1.807) is 30.3 Å². The standard InChI is InChI=1S/C15H10BrNO5/c16-12-7-6-11(8-13(12)17(20)21)15(19)22-9-14(18)10-4-2-1-3-5-10/h1-8H,9H2. The van der Waals surface area contributed by atoms with Crippen LogP contribution >= 0.6 is 15.9 Å². The van der Waals surface area contributed by atoms with Gasteiger partial charge in [0, 0.05) is 11.6 Å². The summed E-state index contributed by atoms with van der Waals surface area (Å²) < 4.78 is 5.15. The number of halogens is 1. The molecule has 2 aromatic rings. The molecule has 0 aromatic heterocycles. The van der Waals surface area contributed by atoms with Crippen LogP contribution in [-0.4, -0.2) is 23.3 Å². The Morgan fingerprint density at radius 2 is 1.77 bits per heavy atom. The van der Waals surface area contributed by atoms with E-state index in [-0.39, 0.29) is 21.5 Å². The quantitative estimate of drug-likeness (QED) is 0.351. The highest BCUT2D eigenvalue weighted by molar-refractivity contribution is 9.10. The van der Waals surface area contributed by atoms with Crippen molar-refractivity contribution in [3.05, 3.63) is 74.2 Å². The van der Waals surface area contributed by atoms with Gasteiger partial charge in [0.1, 0.15) is 0 Å². The summed E-state index contributed by atoms with van der Waals surface area (Å²) in [6.07, 6.45) is 0. The van der Waals surface area contributed by atoms with Crippen molar-refractivity contribution < 1.29 is 19.2 Å². The summed E-state index contributed by atoms with van der Waals surface area (Å²) in [5, 5.41) is 10.8. The minimum absolute atomic E-state index is 0.00996. The molecule has 0 aliphatic rings. The molecule has 0 aliphatic heterocycles. The fourth-order valence-corrected chi connectivity index (χ4v) is 2.09. The molecule has 2 aromatic carbocycles. The van der Waals surface area contributed by atoms with Gasteiger partial charge >= 0.3 is 5.97 Å². The maximum Gasteiger partial charge on any atom is 0.338 e. The first-order valence-corrected chi connectivity index (χ1v) is 6.97. The number of esters is 1. The normalized spacial score (nSPS) is 10.0. The Kier molecular flexibility index (Phi) is 5.00. The van der Waals surface area contributed by atoms with E-state index in [2.05, 4.69) is 15.9 Å². The van der Waals surface area contributed by atoms with Gasteiger partial charge in [-0.15, -0.1) is 0 Å². The molecule has 22 heavy (non-hydrogen) atoms. The van der Waals surface area contributed by atoms with E-state index in [0.29, 0.717) is 5.56 Å². The van der Waals surface area contributed by atoms with Gasteiger partial charge in [0.2, 0.25) is 0 Å². The second-order valence-electron chi connectivity index (χ2n) is 4.29. The molecule has 2 rings (SSSR count). The van der Waals surface area contributed by atoms with E-state index in [0.717, 1.165) is 6.07 Å². The lowest BCUT2D eigenvalue weighted by atomic mass is 10.1. The van der Waals surface area contributed by atoms with Crippen LogP contribution in [0.1, 0.15) is 20.7 Å². The fraction of sp³-hybridized carbons (Fsp3) is 0.0667. The Morgan fingerprint density at radius 1 is 1.09 bits per heavy atom. The maximum atomic E-state index is 11.9. The summed E-state index contributed by atoms with van der Waals surface area (Å²) in [6, 6.07) is 12.3. The number of nitro benzene ring substituents is 1. The zero-order valence-corrected chi connectivity index (χ0v) is 12.8. The fourth-order valence-electron chi connectivity index (χ4n) is 1.70. The number of Topliss-reactive ketones (excluding diaryl/α,β-unsaturated/α-hetero) is 1. The number of nitro groups is 1. The molecule has 0 bridgehead atoms. The molecular weight excluding hydrogens is 354 g/mol. The molecule has 0 atom stereocenters. The third-order valence-electron chi connectivity index (χ3n) is 2.81. The molecule has 112 valence electrons. The molecule has 0 heterocycles. The van der Waals surface area contributed by atoms with Gasteiger partial charge < -0.3 is 4.74 Å². The van der Waals surface area contributed by atoms with E-state index in [9.17, 15) is 19.7 Å². The van der Waals surface area contributed by atoms with Crippen LogP contribution in [0.3, 0.4) is 0 Å². The minimum Gasteiger partial charge on any atom is -0.454 e. The van der Waals surface area contributed by atoms with E-state index in [1.807, 2.05) is 0 Å². The summed E-state index contributed by atoms with van der Waals surface area (Å²) in [6.45, 7) is -0.424. The molecule has 0 amide bonds. The lowest BCUT2D eigenvalue weighted by Crippen LogP contribution is -2.14. The molecule has 0 unspecified atom stereocenters. The van der Waals surface area contributed by atoms with Crippen LogP contribution in [-0.2, 0) is 4.74 Å². The molecule has 0 saturated heterocycles. The van der Waals surface area contributed by atoms with Gasteiger partial charge in [0.15, 0.2) is 12.4 Å². The molecule has 6 nitrogen and oxygen atoms in total. The highest BCUT2D eigenvalue weighted by Gasteiger charge is 2.17. The average Bonchev–Trinajstić information content (AvgIpc) is 2.53. The van der Waals surface area contributed by atoms with Crippen LogP contribution in [0, 0.1) is 10.1 Å². The summed E-state index contributed by atoms with van der Waals surface area (Å²) in [5.41, 5.74) is 0.191. The van der Waals surface area contributed by atoms with Crippen molar-refractivity contribution in [3.63, 3.8) is 0 Å². The van der Waals surface area contributed by atoms with Gasteiger partial charge in [0.05, 0.1) is 15.0 Å². The number of carbonyl (C=O) groups is 2. The van der Waals surface area contributed by atoms with Crippen molar-refractivity contribution in [1.82, 2.24) is 0 Å². The van der Waals surface area contributed by atoms with Gasteiger partial charge in [-0.05, 0) is 28.1 Å². The van der Waals surface area contributed by atoms with Crippen molar-refractivity contribution in [1.29, 1.82) is 0 Å². The third kappa shape index (κ3) is 3.76. The lowest BCUT2D eigenvalue weighted by molar-refractivity contribution is -0.385. The summed E-state index contributed by atoms with van der Waals surface area (Å²) in [7, 11) is 0. The van der Waals surface area contributed by atoms with Crippen LogP contribution < -0.4 is 0 Å². The zero-order chi connectivity index (χ0) is 16.1. The lowest BCUT2D eigenvalue weighted by Gasteiger charge is -2.05. The number of rotatable bonds is 5. The van der Waals surface area contributed by atoms with Crippen LogP contribution in [0.2, 0.25) is 0 Å². The van der Waals surface area contributed by atoms with Crippen LogP contribution in [0.4, 0.5) is 5.69 Å². The van der Waals surface area contributed by atoms with Crippen LogP contribution in [0.15, 0.2) is 53.0 Å². The molecule has 0 radical (unpaired) electrons. The van der Waals surface area contributed by atoms with Gasteiger partial charge in [0.25, 0.3) is 5.69 Å². The zero-order valence-electron chi connectivity index (χ0n) is 11.2. The summed E-state index contributed by atoms with van der Waals surface area (Å²) in [5.74, 6) is -1.14. The second kappa shape index (κ2) is 6.95. The molecule has 0 saturated carbocycles.